The Hall–Kier alpha value is -5.52. The number of furan rings is 1. The smallest absolute Gasteiger partial charge is 0.162 e. The number of benzene rings is 6. The topological polar surface area (TPSA) is 43.9 Å². The first kappa shape index (κ1) is 25.9. The summed E-state index contributed by atoms with van der Waals surface area (Å²) in [7, 11) is 0. The summed E-state index contributed by atoms with van der Waals surface area (Å²) >= 11 is 3.81. The van der Waals surface area contributed by atoms with E-state index in [1.54, 1.807) is 0 Å². The molecule has 0 fully saturated rings. The first-order chi connectivity index (χ1) is 22.2. The van der Waals surface area contributed by atoms with Gasteiger partial charge in [0.15, 0.2) is 5.82 Å². The van der Waals surface area contributed by atoms with Gasteiger partial charge in [0.25, 0.3) is 0 Å². The molecule has 0 atom stereocenters. The highest BCUT2D eigenvalue weighted by Gasteiger charge is 2.17. The molecule has 3 aromatic heterocycles. The monoisotopic (exact) mass is 641 g/mol. The third kappa shape index (κ3) is 4.35. The zero-order valence-corrected chi connectivity index (χ0v) is 25.6. The number of nitrogens with zero attached hydrogens (tertiary/aromatic N) is 3. The molecule has 0 saturated carbocycles. The number of para-hydroxylation sites is 3. The lowest BCUT2D eigenvalue weighted by molar-refractivity contribution is 0.669. The molecular weight excluding hydrogens is 618 g/mol. The molecule has 0 radical (unpaired) electrons. The zero-order valence-electron chi connectivity index (χ0n) is 24.0. The van der Waals surface area contributed by atoms with E-state index >= 15 is 0 Å². The summed E-state index contributed by atoms with van der Waals surface area (Å²) < 4.78 is 9.32. The molecule has 0 saturated heterocycles. The van der Waals surface area contributed by atoms with Gasteiger partial charge >= 0.3 is 0 Å². The molecule has 45 heavy (non-hydrogen) atoms. The molecule has 4 nitrogen and oxygen atoms in total. The van der Waals surface area contributed by atoms with Crippen molar-refractivity contribution in [2.24, 2.45) is 0 Å². The van der Waals surface area contributed by atoms with Crippen molar-refractivity contribution in [1.82, 2.24) is 14.5 Å². The Morgan fingerprint density at radius 1 is 0.467 bits per heavy atom. The number of halogens is 1. The Labute approximate surface area is 267 Å². The van der Waals surface area contributed by atoms with Crippen molar-refractivity contribution in [2.45, 2.75) is 0 Å². The van der Waals surface area contributed by atoms with Crippen molar-refractivity contribution in [3.05, 3.63) is 150 Å². The fourth-order valence-corrected chi connectivity index (χ4v) is 6.89. The average Bonchev–Trinajstić information content (AvgIpc) is 3.64. The first-order valence-corrected chi connectivity index (χ1v) is 15.6. The van der Waals surface area contributed by atoms with E-state index in [2.05, 4.69) is 136 Å². The van der Waals surface area contributed by atoms with Gasteiger partial charge < -0.3 is 4.42 Å². The normalized spacial score (nSPS) is 11.7. The van der Waals surface area contributed by atoms with Gasteiger partial charge in [-0.15, -0.1) is 0 Å². The van der Waals surface area contributed by atoms with E-state index in [0.29, 0.717) is 5.82 Å². The molecule has 0 aliphatic heterocycles. The second-order valence-corrected chi connectivity index (χ2v) is 12.1. The minimum absolute atomic E-state index is 0.678. The van der Waals surface area contributed by atoms with Gasteiger partial charge in [0, 0.05) is 43.2 Å². The van der Waals surface area contributed by atoms with Crippen LogP contribution in [0.5, 0.6) is 0 Å². The molecule has 3 heterocycles. The summed E-state index contributed by atoms with van der Waals surface area (Å²) in [5.74, 6) is 1.50. The fourth-order valence-electron chi connectivity index (χ4n) is 6.39. The molecule has 6 aromatic carbocycles. The number of hydrogen-bond donors (Lipinski definition) is 0. The van der Waals surface area contributed by atoms with E-state index in [-0.39, 0.29) is 0 Å². The van der Waals surface area contributed by atoms with E-state index in [0.717, 1.165) is 71.2 Å². The van der Waals surface area contributed by atoms with Gasteiger partial charge in [-0.05, 0) is 59.7 Å². The van der Waals surface area contributed by atoms with Crippen LogP contribution in [0.15, 0.2) is 154 Å². The van der Waals surface area contributed by atoms with Crippen molar-refractivity contribution in [3.63, 3.8) is 0 Å². The van der Waals surface area contributed by atoms with E-state index < -0.39 is 0 Å². The van der Waals surface area contributed by atoms with Crippen molar-refractivity contribution >= 4 is 59.7 Å². The third-order valence-corrected chi connectivity index (χ3v) is 8.92. The second-order valence-electron chi connectivity index (χ2n) is 11.2. The van der Waals surface area contributed by atoms with Crippen LogP contribution in [0, 0.1) is 0 Å². The van der Waals surface area contributed by atoms with Crippen LogP contribution in [0.25, 0.3) is 83.3 Å². The molecule has 0 spiro atoms. The van der Waals surface area contributed by atoms with Gasteiger partial charge in [-0.3, -0.25) is 4.57 Å². The highest BCUT2D eigenvalue weighted by atomic mass is 79.9. The van der Waals surface area contributed by atoms with Crippen LogP contribution < -0.4 is 0 Å². The van der Waals surface area contributed by atoms with Crippen LogP contribution in [0.4, 0.5) is 0 Å². The van der Waals surface area contributed by atoms with Gasteiger partial charge in [0.2, 0.25) is 0 Å². The summed E-state index contributed by atoms with van der Waals surface area (Å²) in [6.45, 7) is 0. The largest absolute Gasteiger partial charge is 0.456 e. The second kappa shape index (κ2) is 10.3. The van der Waals surface area contributed by atoms with Gasteiger partial charge in [0.1, 0.15) is 17.0 Å². The lowest BCUT2D eigenvalue weighted by atomic mass is 9.99. The molecule has 0 aliphatic rings. The Morgan fingerprint density at radius 2 is 1.11 bits per heavy atom. The van der Waals surface area contributed by atoms with Crippen LogP contribution in [-0.2, 0) is 0 Å². The Morgan fingerprint density at radius 3 is 1.89 bits per heavy atom. The SMILES string of the molecule is Brc1cc(-c2ccc3oc4ccccc4c3c2)cc(-c2cc(-n3c4ccccc4c4ccccc43)nc(-c3ccccc3)n2)c1. The molecule has 0 aliphatic carbocycles. The van der Waals surface area contributed by atoms with Gasteiger partial charge in [0.05, 0.1) is 16.7 Å². The van der Waals surface area contributed by atoms with Crippen LogP contribution in [0.3, 0.4) is 0 Å². The maximum absolute atomic E-state index is 6.10. The van der Waals surface area contributed by atoms with Crippen molar-refractivity contribution < 1.29 is 4.42 Å². The summed E-state index contributed by atoms with van der Waals surface area (Å²) in [5, 5.41) is 4.61. The van der Waals surface area contributed by atoms with E-state index in [4.69, 9.17) is 14.4 Å². The standard InChI is InChI=1S/C40H24BrN3O/c41-29-21-27(26-18-19-38-33(23-26)32-14-6-9-17-37(32)45-38)20-28(22-29)34-24-39(43-40(42-34)25-10-2-1-3-11-25)44-35-15-7-4-12-30(35)31-13-5-8-16-36(31)44/h1-24H. The predicted molar refractivity (Wildman–Crippen MR) is 188 cm³/mol. The molecule has 0 N–H and O–H groups in total. The predicted octanol–water partition coefficient (Wildman–Crippen LogP) is 11.2. The third-order valence-electron chi connectivity index (χ3n) is 8.46. The summed E-state index contributed by atoms with van der Waals surface area (Å²) in [4.78, 5) is 10.3. The minimum atomic E-state index is 0.678. The molecule has 0 amide bonds. The van der Waals surface area contributed by atoms with E-state index in [1.165, 1.54) is 10.8 Å². The Balaban J connectivity index is 1.27. The lowest BCUT2D eigenvalue weighted by Crippen LogP contribution is -2.02. The van der Waals surface area contributed by atoms with Crippen LogP contribution in [-0.4, -0.2) is 14.5 Å². The highest BCUT2D eigenvalue weighted by Crippen LogP contribution is 2.37. The van der Waals surface area contributed by atoms with Gasteiger partial charge in [-0.1, -0.05) is 107 Å². The quantitative estimate of drug-likeness (QED) is 0.192. The molecule has 0 unspecified atom stereocenters. The molecule has 0 bridgehead atoms. The molecule has 5 heteroatoms. The Bertz CT molecular complexity index is 2510. The van der Waals surface area contributed by atoms with Crippen LogP contribution in [0.1, 0.15) is 0 Å². The van der Waals surface area contributed by atoms with Crippen molar-refractivity contribution in [2.75, 3.05) is 0 Å². The Kier molecular flexibility index (Phi) is 5.93. The average molecular weight is 643 g/mol. The fraction of sp³-hybridized carbons (Fsp3) is 0. The molecule has 212 valence electrons. The molecule has 9 aromatic rings. The molecular formula is C40H24BrN3O. The maximum atomic E-state index is 6.10. The van der Waals surface area contributed by atoms with Crippen molar-refractivity contribution in [1.29, 1.82) is 0 Å². The lowest BCUT2D eigenvalue weighted by Gasteiger charge is -2.13. The van der Waals surface area contributed by atoms with Gasteiger partial charge in [-0.2, -0.15) is 0 Å². The number of hydrogen-bond acceptors (Lipinski definition) is 3. The summed E-state index contributed by atoms with van der Waals surface area (Å²) in [6.07, 6.45) is 0. The minimum Gasteiger partial charge on any atom is -0.456 e. The van der Waals surface area contributed by atoms with E-state index in [1.807, 2.05) is 30.3 Å². The number of aromatic nitrogens is 3. The summed E-state index contributed by atoms with van der Waals surface area (Å²) in [5.41, 5.74) is 9.00. The first-order valence-electron chi connectivity index (χ1n) is 14.9. The van der Waals surface area contributed by atoms with Crippen molar-refractivity contribution in [3.8, 4) is 39.6 Å². The molecule has 9 rings (SSSR count). The number of fused-ring (bicyclic) bond motifs is 6. The maximum Gasteiger partial charge on any atom is 0.162 e. The van der Waals surface area contributed by atoms with Crippen LogP contribution in [0.2, 0.25) is 0 Å². The zero-order chi connectivity index (χ0) is 29.9. The van der Waals surface area contributed by atoms with Crippen LogP contribution >= 0.6 is 15.9 Å². The highest BCUT2D eigenvalue weighted by molar-refractivity contribution is 9.10. The van der Waals surface area contributed by atoms with Gasteiger partial charge in [-0.25, -0.2) is 9.97 Å². The number of rotatable bonds is 4. The summed E-state index contributed by atoms with van der Waals surface area (Å²) in [6, 6.07) is 50.4. The van der Waals surface area contributed by atoms with E-state index in [9.17, 15) is 0 Å².